The van der Waals surface area contributed by atoms with Gasteiger partial charge in [-0.05, 0) is 109 Å². The van der Waals surface area contributed by atoms with Crippen LogP contribution in [0, 0.1) is 20.2 Å². The van der Waals surface area contributed by atoms with Gasteiger partial charge in [0, 0.05) is 24.3 Å². The highest BCUT2D eigenvalue weighted by molar-refractivity contribution is 5.45. The molecule has 0 fully saturated rings. The number of rotatable bonds is 8. The van der Waals surface area contributed by atoms with Crippen molar-refractivity contribution >= 4 is 11.4 Å². The number of phenolic OH excluding ortho intramolecular Hbond substituents is 2. The van der Waals surface area contributed by atoms with Gasteiger partial charge in [0.05, 0.1) is 9.85 Å². The molecule has 0 spiro atoms. The number of aromatic hydroxyl groups is 2. The summed E-state index contributed by atoms with van der Waals surface area (Å²) in [4.78, 5) is 28.2. The Bertz CT molecular complexity index is 2140. The van der Waals surface area contributed by atoms with Gasteiger partial charge in [-0.3, -0.25) is 20.2 Å². The Balaban J connectivity index is 0.000000167. The third kappa shape index (κ3) is 8.45. The van der Waals surface area contributed by atoms with E-state index in [4.69, 9.17) is 18.9 Å². The van der Waals surface area contributed by atoms with E-state index in [1.165, 1.54) is 24.3 Å². The van der Waals surface area contributed by atoms with E-state index in [0.717, 1.165) is 71.8 Å². The van der Waals surface area contributed by atoms with E-state index in [2.05, 4.69) is 9.97 Å². The SMILES string of the molecule is O=[N+]([O-])c1ccc(Oc2ccc3c(c2)CCC(c2cccc(O)c2)O3)nc1.O=[N+]([O-])c1ccc(Oc2ccc3c(c2)CCC(c2cccc(O)c2)O3)nc1. The van der Waals surface area contributed by atoms with Gasteiger partial charge in [0.2, 0.25) is 11.8 Å². The quantitative estimate of drug-likeness (QED) is 0.112. The smallest absolute Gasteiger partial charge is 0.287 e. The Morgan fingerprint density at radius 1 is 0.593 bits per heavy atom. The summed E-state index contributed by atoms with van der Waals surface area (Å²) in [5.74, 6) is 3.76. The number of nitrogens with zero attached hydrogens (tertiary/aromatic N) is 4. The number of pyridine rings is 2. The molecule has 2 unspecified atom stereocenters. The van der Waals surface area contributed by atoms with Crippen molar-refractivity contribution in [2.45, 2.75) is 37.9 Å². The second-order valence-corrected chi connectivity index (χ2v) is 12.4. The van der Waals surface area contributed by atoms with Crippen LogP contribution in [0.2, 0.25) is 0 Å². The van der Waals surface area contributed by atoms with Gasteiger partial charge in [-0.1, -0.05) is 24.3 Å². The molecule has 2 aliphatic rings. The molecule has 2 aliphatic heterocycles. The monoisotopic (exact) mass is 728 g/mol. The Morgan fingerprint density at radius 2 is 1.04 bits per heavy atom. The molecule has 14 heteroatoms. The summed E-state index contributed by atoms with van der Waals surface area (Å²) in [5, 5.41) is 40.6. The number of aryl methyl sites for hydroxylation is 2. The van der Waals surface area contributed by atoms with Crippen LogP contribution < -0.4 is 18.9 Å². The first-order valence-corrected chi connectivity index (χ1v) is 16.9. The lowest BCUT2D eigenvalue weighted by Gasteiger charge is -2.26. The largest absolute Gasteiger partial charge is 0.508 e. The van der Waals surface area contributed by atoms with Crippen LogP contribution in [0.1, 0.15) is 47.3 Å². The summed E-state index contributed by atoms with van der Waals surface area (Å²) < 4.78 is 23.5. The summed E-state index contributed by atoms with van der Waals surface area (Å²) in [6.07, 6.45) is 5.31. The first-order valence-electron chi connectivity index (χ1n) is 16.9. The summed E-state index contributed by atoms with van der Waals surface area (Å²) in [5.41, 5.74) is 3.75. The molecule has 0 amide bonds. The molecule has 0 aliphatic carbocycles. The van der Waals surface area contributed by atoms with Crippen molar-refractivity contribution in [3.63, 3.8) is 0 Å². The number of phenols is 2. The summed E-state index contributed by atoms with van der Waals surface area (Å²) in [6, 6.07) is 30.8. The molecule has 2 N–H and O–H groups in total. The highest BCUT2D eigenvalue weighted by Crippen LogP contribution is 2.39. The van der Waals surface area contributed by atoms with E-state index >= 15 is 0 Å². The van der Waals surface area contributed by atoms with E-state index < -0.39 is 9.85 Å². The van der Waals surface area contributed by atoms with Crippen molar-refractivity contribution in [1.29, 1.82) is 0 Å². The molecule has 4 heterocycles. The van der Waals surface area contributed by atoms with Gasteiger partial charge in [0.15, 0.2) is 0 Å². The molecule has 8 rings (SSSR count). The van der Waals surface area contributed by atoms with Crippen molar-refractivity contribution in [3.05, 3.63) is 164 Å². The van der Waals surface area contributed by atoms with E-state index in [1.807, 2.05) is 36.4 Å². The van der Waals surface area contributed by atoms with Crippen molar-refractivity contribution in [3.8, 4) is 46.3 Å². The van der Waals surface area contributed by atoms with E-state index in [1.54, 1.807) is 48.5 Å². The maximum absolute atomic E-state index is 10.7. The standard InChI is InChI=1S/2C20H16N2O5/c2*23-16-3-1-2-13(10-16)18-7-4-14-11-17(6-8-19(14)27-18)26-20-9-5-15(12-21-20)22(24)25/h2*1-3,5-6,8-12,18,23H,4,7H2. The normalized spacial score (nSPS) is 15.5. The molecule has 2 aromatic heterocycles. The fourth-order valence-corrected chi connectivity index (χ4v) is 6.10. The van der Waals surface area contributed by atoms with Gasteiger partial charge in [0.25, 0.3) is 11.4 Å². The minimum absolute atomic E-state index is 0.0841. The van der Waals surface area contributed by atoms with Crippen LogP contribution in [0.5, 0.6) is 46.3 Å². The lowest BCUT2D eigenvalue weighted by atomic mass is 9.97. The van der Waals surface area contributed by atoms with Crippen LogP contribution in [-0.2, 0) is 12.8 Å². The molecule has 0 saturated heterocycles. The lowest BCUT2D eigenvalue weighted by molar-refractivity contribution is -0.385. The summed E-state index contributed by atoms with van der Waals surface area (Å²) in [6.45, 7) is 0. The van der Waals surface area contributed by atoms with Crippen molar-refractivity contribution in [2.24, 2.45) is 0 Å². The van der Waals surface area contributed by atoms with E-state index in [0.29, 0.717) is 11.5 Å². The average molecular weight is 729 g/mol. The predicted molar refractivity (Wildman–Crippen MR) is 194 cm³/mol. The van der Waals surface area contributed by atoms with Gasteiger partial charge in [-0.15, -0.1) is 0 Å². The first-order chi connectivity index (χ1) is 26.2. The van der Waals surface area contributed by atoms with Crippen molar-refractivity contribution in [1.82, 2.24) is 9.97 Å². The molecule has 6 aromatic rings. The molecule has 0 radical (unpaired) electrons. The van der Waals surface area contributed by atoms with Gasteiger partial charge in [-0.25, -0.2) is 9.97 Å². The van der Waals surface area contributed by atoms with Crippen LogP contribution in [0.3, 0.4) is 0 Å². The fraction of sp³-hybridized carbons (Fsp3) is 0.150. The maximum Gasteiger partial charge on any atom is 0.287 e. The van der Waals surface area contributed by atoms with E-state index in [-0.39, 0.29) is 46.8 Å². The zero-order valence-electron chi connectivity index (χ0n) is 28.5. The highest BCUT2D eigenvalue weighted by Gasteiger charge is 2.24. The number of hydrogen-bond donors (Lipinski definition) is 2. The third-order valence-electron chi connectivity index (χ3n) is 8.75. The maximum atomic E-state index is 10.7. The van der Waals surface area contributed by atoms with Crippen LogP contribution in [0.25, 0.3) is 0 Å². The number of aromatic nitrogens is 2. The Kier molecular flexibility index (Phi) is 10.1. The average Bonchev–Trinajstić information content (AvgIpc) is 3.18. The lowest BCUT2D eigenvalue weighted by Crippen LogP contribution is -2.15. The molecular formula is C40H32N4O10. The highest BCUT2D eigenvalue weighted by atomic mass is 16.6. The van der Waals surface area contributed by atoms with Gasteiger partial charge in [-0.2, -0.15) is 0 Å². The van der Waals surface area contributed by atoms with Crippen LogP contribution in [0.4, 0.5) is 11.4 Å². The van der Waals surface area contributed by atoms with Crippen molar-refractivity contribution < 1.29 is 39.0 Å². The number of fused-ring (bicyclic) bond motifs is 2. The number of ether oxygens (including phenoxy) is 4. The zero-order valence-corrected chi connectivity index (χ0v) is 28.5. The topological polar surface area (TPSA) is 189 Å². The minimum Gasteiger partial charge on any atom is -0.508 e. The Labute approximate surface area is 308 Å². The third-order valence-corrected chi connectivity index (χ3v) is 8.75. The van der Waals surface area contributed by atoms with Gasteiger partial charge >= 0.3 is 0 Å². The van der Waals surface area contributed by atoms with E-state index in [9.17, 15) is 30.4 Å². The Morgan fingerprint density at radius 3 is 1.41 bits per heavy atom. The molecule has 2 atom stereocenters. The molecule has 54 heavy (non-hydrogen) atoms. The molecular weight excluding hydrogens is 696 g/mol. The van der Waals surface area contributed by atoms with Gasteiger partial charge < -0.3 is 29.2 Å². The molecule has 14 nitrogen and oxygen atoms in total. The summed E-state index contributed by atoms with van der Waals surface area (Å²) >= 11 is 0. The zero-order chi connectivity index (χ0) is 37.6. The number of benzene rings is 4. The second kappa shape index (κ2) is 15.6. The number of hydrogen-bond acceptors (Lipinski definition) is 12. The van der Waals surface area contributed by atoms with Crippen molar-refractivity contribution in [2.75, 3.05) is 0 Å². The Hall–Kier alpha value is -7.22. The van der Waals surface area contributed by atoms with Crippen LogP contribution in [-0.4, -0.2) is 30.0 Å². The second-order valence-electron chi connectivity index (χ2n) is 12.4. The van der Waals surface area contributed by atoms with Crippen LogP contribution >= 0.6 is 0 Å². The fourth-order valence-electron chi connectivity index (χ4n) is 6.10. The van der Waals surface area contributed by atoms with Crippen LogP contribution in [0.15, 0.2) is 122 Å². The molecule has 0 bridgehead atoms. The molecule has 0 saturated carbocycles. The molecule has 4 aromatic carbocycles. The minimum atomic E-state index is -0.504. The summed E-state index contributed by atoms with van der Waals surface area (Å²) in [7, 11) is 0. The number of nitro groups is 2. The molecule has 272 valence electrons. The van der Waals surface area contributed by atoms with Gasteiger partial charge in [0.1, 0.15) is 59.1 Å². The first kappa shape index (κ1) is 35.2. The predicted octanol–water partition coefficient (Wildman–Crippen LogP) is 9.11.